The molecule has 0 fully saturated rings. The van der Waals surface area contributed by atoms with Gasteiger partial charge in [-0.05, 0) is 36.5 Å². The summed E-state index contributed by atoms with van der Waals surface area (Å²) in [4.78, 5) is 0. The van der Waals surface area contributed by atoms with E-state index in [1.807, 2.05) is 0 Å². The molecule has 1 aromatic rings. The van der Waals surface area contributed by atoms with E-state index in [9.17, 15) is 0 Å². The van der Waals surface area contributed by atoms with Crippen molar-refractivity contribution in [1.82, 2.24) is 5.43 Å². The van der Waals surface area contributed by atoms with Crippen LogP contribution in [0.2, 0.25) is 0 Å². The fraction of sp³-hybridized carbons (Fsp3) is 0.571. The molecule has 1 rings (SSSR count). The van der Waals surface area contributed by atoms with E-state index in [1.54, 1.807) is 0 Å². The van der Waals surface area contributed by atoms with Crippen LogP contribution in [0, 0.1) is 12.8 Å². The Hall–Kier alpha value is -0.380. The lowest BCUT2D eigenvalue weighted by Gasteiger charge is -2.18. The molecular formula is C14H23BrN2. The second-order valence-electron chi connectivity index (χ2n) is 5.07. The lowest BCUT2D eigenvalue weighted by atomic mass is 9.98. The first-order chi connectivity index (χ1) is 8.04. The van der Waals surface area contributed by atoms with Crippen LogP contribution in [0.25, 0.3) is 0 Å². The standard InChI is InChI=1S/C14H23BrN2/c1-10(2)5-4-6-14(17-16)12-8-7-11(3)9-13(12)15/h7-10,14,17H,4-6,16H2,1-3H3. The van der Waals surface area contributed by atoms with Crippen LogP contribution in [0.5, 0.6) is 0 Å². The predicted octanol–water partition coefficient (Wildman–Crippen LogP) is 4.09. The topological polar surface area (TPSA) is 38.0 Å². The van der Waals surface area contributed by atoms with Gasteiger partial charge in [-0.3, -0.25) is 11.3 Å². The molecule has 0 heterocycles. The maximum Gasteiger partial charge on any atom is 0.0471 e. The number of hydrogen-bond donors (Lipinski definition) is 2. The van der Waals surface area contributed by atoms with Crippen LogP contribution in [-0.4, -0.2) is 0 Å². The van der Waals surface area contributed by atoms with Crippen molar-refractivity contribution in [3.8, 4) is 0 Å². The minimum atomic E-state index is 0.240. The number of rotatable bonds is 6. The highest BCUT2D eigenvalue weighted by atomic mass is 79.9. The molecule has 2 nitrogen and oxygen atoms in total. The highest BCUT2D eigenvalue weighted by molar-refractivity contribution is 9.10. The molecule has 0 aliphatic carbocycles. The average Bonchev–Trinajstić information content (AvgIpc) is 2.25. The van der Waals surface area contributed by atoms with Gasteiger partial charge in [0.25, 0.3) is 0 Å². The molecule has 0 amide bonds. The second-order valence-corrected chi connectivity index (χ2v) is 5.92. The van der Waals surface area contributed by atoms with Crippen molar-refractivity contribution in [1.29, 1.82) is 0 Å². The highest BCUT2D eigenvalue weighted by Gasteiger charge is 2.12. The minimum absolute atomic E-state index is 0.240. The zero-order valence-corrected chi connectivity index (χ0v) is 12.5. The molecule has 0 bridgehead atoms. The fourth-order valence-electron chi connectivity index (χ4n) is 1.97. The van der Waals surface area contributed by atoms with Gasteiger partial charge in [0.15, 0.2) is 0 Å². The largest absolute Gasteiger partial charge is 0.271 e. The molecule has 0 spiro atoms. The van der Waals surface area contributed by atoms with Gasteiger partial charge in [0.05, 0.1) is 0 Å². The van der Waals surface area contributed by atoms with Crippen LogP contribution >= 0.6 is 15.9 Å². The van der Waals surface area contributed by atoms with E-state index in [1.165, 1.54) is 24.0 Å². The van der Waals surface area contributed by atoms with Gasteiger partial charge in [-0.2, -0.15) is 0 Å². The first kappa shape index (κ1) is 14.7. The summed E-state index contributed by atoms with van der Waals surface area (Å²) in [6.45, 7) is 6.61. The molecule has 0 saturated heterocycles. The van der Waals surface area contributed by atoms with Gasteiger partial charge in [0.2, 0.25) is 0 Å². The first-order valence-corrected chi connectivity index (χ1v) is 7.06. The molecule has 0 aliphatic heterocycles. The van der Waals surface area contributed by atoms with Crippen molar-refractivity contribution in [3.63, 3.8) is 0 Å². The molecule has 96 valence electrons. The van der Waals surface area contributed by atoms with Gasteiger partial charge in [-0.15, -0.1) is 0 Å². The summed E-state index contributed by atoms with van der Waals surface area (Å²) >= 11 is 3.61. The quantitative estimate of drug-likeness (QED) is 0.613. The lowest BCUT2D eigenvalue weighted by Crippen LogP contribution is -2.28. The number of hydrazine groups is 1. The second kappa shape index (κ2) is 7.14. The van der Waals surface area contributed by atoms with E-state index >= 15 is 0 Å². The van der Waals surface area contributed by atoms with Crippen LogP contribution in [-0.2, 0) is 0 Å². The number of nitrogens with one attached hydrogen (secondary N) is 1. The summed E-state index contributed by atoms with van der Waals surface area (Å²) in [6.07, 6.45) is 3.53. The fourth-order valence-corrected chi connectivity index (χ4v) is 2.74. The Morgan fingerprint density at radius 3 is 2.53 bits per heavy atom. The Labute approximate surface area is 113 Å². The van der Waals surface area contributed by atoms with Gasteiger partial charge in [0.1, 0.15) is 0 Å². The van der Waals surface area contributed by atoms with Crippen molar-refractivity contribution >= 4 is 15.9 Å². The summed E-state index contributed by atoms with van der Waals surface area (Å²) in [7, 11) is 0. The Bertz CT molecular complexity index is 350. The first-order valence-electron chi connectivity index (χ1n) is 6.26. The van der Waals surface area contributed by atoms with Crippen LogP contribution < -0.4 is 11.3 Å². The molecule has 0 aromatic heterocycles. The van der Waals surface area contributed by atoms with Crippen molar-refractivity contribution in [2.75, 3.05) is 0 Å². The molecule has 0 saturated carbocycles. The van der Waals surface area contributed by atoms with Crippen LogP contribution in [0.4, 0.5) is 0 Å². The van der Waals surface area contributed by atoms with Crippen LogP contribution in [0.1, 0.15) is 50.3 Å². The summed E-state index contributed by atoms with van der Waals surface area (Å²) in [5.74, 6) is 6.42. The van der Waals surface area contributed by atoms with E-state index in [0.717, 1.165) is 16.8 Å². The van der Waals surface area contributed by atoms with E-state index < -0.39 is 0 Å². The third-order valence-electron chi connectivity index (χ3n) is 3.01. The SMILES string of the molecule is Cc1ccc(C(CCCC(C)C)NN)c(Br)c1. The zero-order valence-electron chi connectivity index (χ0n) is 11.0. The lowest BCUT2D eigenvalue weighted by molar-refractivity contribution is 0.454. The van der Waals surface area contributed by atoms with E-state index in [0.29, 0.717) is 0 Å². The van der Waals surface area contributed by atoms with E-state index in [2.05, 4.69) is 60.3 Å². The average molecular weight is 299 g/mol. The molecule has 3 heteroatoms. The molecule has 1 atom stereocenters. The van der Waals surface area contributed by atoms with Gasteiger partial charge in [-0.25, -0.2) is 0 Å². The van der Waals surface area contributed by atoms with Crippen molar-refractivity contribution < 1.29 is 0 Å². The molecule has 0 aliphatic rings. The van der Waals surface area contributed by atoms with Gasteiger partial charge >= 0.3 is 0 Å². The van der Waals surface area contributed by atoms with Crippen LogP contribution in [0.3, 0.4) is 0 Å². The zero-order chi connectivity index (χ0) is 12.8. The minimum Gasteiger partial charge on any atom is -0.271 e. The maximum atomic E-state index is 5.66. The summed E-state index contributed by atoms with van der Waals surface area (Å²) in [6, 6.07) is 6.66. The third-order valence-corrected chi connectivity index (χ3v) is 3.69. The molecular weight excluding hydrogens is 276 g/mol. The predicted molar refractivity (Wildman–Crippen MR) is 77.6 cm³/mol. The molecule has 17 heavy (non-hydrogen) atoms. The van der Waals surface area contributed by atoms with Gasteiger partial charge in [-0.1, -0.05) is 54.8 Å². The monoisotopic (exact) mass is 298 g/mol. The maximum absolute atomic E-state index is 5.66. The number of nitrogens with two attached hydrogens (primary N) is 1. The Morgan fingerprint density at radius 1 is 1.29 bits per heavy atom. The molecule has 0 radical (unpaired) electrons. The van der Waals surface area contributed by atoms with E-state index in [-0.39, 0.29) is 6.04 Å². The van der Waals surface area contributed by atoms with E-state index in [4.69, 9.17) is 5.84 Å². The van der Waals surface area contributed by atoms with Crippen molar-refractivity contribution in [3.05, 3.63) is 33.8 Å². The highest BCUT2D eigenvalue weighted by Crippen LogP contribution is 2.27. The normalized spacial score (nSPS) is 13.1. The smallest absolute Gasteiger partial charge is 0.0471 e. The van der Waals surface area contributed by atoms with Crippen molar-refractivity contribution in [2.45, 2.75) is 46.1 Å². The Morgan fingerprint density at radius 2 is 2.00 bits per heavy atom. The number of aryl methyl sites for hydroxylation is 1. The van der Waals surface area contributed by atoms with Crippen LogP contribution in [0.15, 0.2) is 22.7 Å². The summed E-state index contributed by atoms with van der Waals surface area (Å²) in [5, 5.41) is 0. The summed E-state index contributed by atoms with van der Waals surface area (Å²) in [5.41, 5.74) is 5.44. The Kier molecular flexibility index (Phi) is 6.17. The molecule has 3 N–H and O–H groups in total. The number of benzene rings is 1. The van der Waals surface area contributed by atoms with Gasteiger partial charge < -0.3 is 0 Å². The number of hydrogen-bond acceptors (Lipinski definition) is 2. The summed E-state index contributed by atoms with van der Waals surface area (Å²) < 4.78 is 1.14. The molecule has 1 aromatic carbocycles. The van der Waals surface area contributed by atoms with Gasteiger partial charge in [0, 0.05) is 10.5 Å². The Balaban J connectivity index is 2.66. The number of halogens is 1. The van der Waals surface area contributed by atoms with Crippen molar-refractivity contribution in [2.24, 2.45) is 11.8 Å². The third kappa shape index (κ3) is 4.78. The molecule has 1 unspecified atom stereocenters.